The van der Waals surface area contributed by atoms with E-state index < -0.39 is 24.6 Å². The number of aliphatic hydroxyl groups is 3. The minimum atomic E-state index is -1.32. The van der Waals surface area contributed by atoms with Crippen molar-refractivity contribution in [1.82, 2.24) is 15.0 Å². The van der Waals surface area contributed by atoms with E-state index in [0.717, 1.165) is 13.0 Å². The molecule has 1 fully saturated rings. The van der Waals surface area contributed by atoms with E-state index in [2.05, 4.69) is 65.2 Å². The molecular formula is C24H33N4O5+. The number of fused-ring (bicyclic) bond motifs is 1. The van der Waals surface area contributed by atoms with Gasteiger partial charge in [-0.1, -0.05) is 29.5 Å². The zero-order valence-electron chi connectivity index (χ0n) is 19.3. The zero-order valence-corrected chi connectivity index (χ0v) is 19.3. The van der Waals surface area contributed by atoms with Crippen LogP contribution in [0.15, 0.2) is 42.6 Å². The lowest BCUT2D eigenvalue weighted by atomic mass is 9.81. The van der Waals surface area contributed by atoms with E-state index in [1.54, 1.807) is 10.9 Å². The van der Waals surface area contributed by atoms with Gasteiger partial charge in [-0.3, -0.25) is 4.68 Å². The lowest BCUT2D eigenvalue weighted by Gasteiger charge is -2.34. The van der Waals surface area contributed by atoms with Gasteiger partial charge in [-0.05, 0) is 20.8 Å². The summed E-state index contributed by atoms with van der Waals surface area (Å²) in [6.45, 7) is 8.10. The van der Waals surface area contributed by atoms with Crippen molar-refractivity contribution >= 4 is 11.4 Å². The predicted molar refractivity (Wildman–Crippen MR) is 121 cm³/mol. The molecule has 1 aromatic carbocycles. The first-order valence-electron chi connectivity index (χ1n) is 11.4. The van der Waals surface area contributed by atoms with Crippen molar-refractivity contribution in [3.63, 3.8) is 0 Å². The van der Waals surface area contributed by atoms with Crippen molar-refractivity contribution < 1.29 is 29.4 Å². The summed E-state index contributed by atoms with van der Waals surface area (Å²) in [6.07, 6.45) is 2.20. The largest absolute Gasteiger partial charge is 0.388 e. The molecule has 0 spiro atoms. The van der Waals surface area contributed by atoms with Crippen LogP contribution in [0.25, 0.3) is 0 Å². The molecule has 9 heteroatoms. The molecule has 178 valence electrons. The van der Waals surface area contributed by atoms with Crippen molar-refractivity contribution in [1.29, 1.82) is 0 Å². The van der Waals surface area contributed by atoms with Gasteiger partial charge in [0.25, 0.3) is 0 Å². The molecule has 3 N–H and O–H groups in total. The van der Waals surface area contributed by atoms with Gasteiger partial charge in [-0.25, -0.2) is 0 Å². The van der Waals surface area contributed by atoms with Gasteiger partial charge in [0, 0.05) is 30.7 Å². The fourth-order valence-corrected chi connectivity index (χ4v) is 4.54. The van der Waals surface area contributed by atoms with E-state index in [0.29, 0.717) is 12.2 Å². The molecule has 4 atom stereocenters. The molecule has 0 aliphatic carbocycles. The summed E-state index contributed by atoms with van der Waals surface area (Å²) >= 11 is 0. The van der Waals surface area contributed by atoms with Gasteiger partial charge in [0.2, 0.25) is 5.69 Å². The minimum Gasteiger partial charge on any atom is -0.388 e. The van der Waals surface area contributed by atoms with E-state index in [4.69, 9.17) is 9.47 Å². The van der Waals surface area contributed by atoms with Gasteiger partial charge in [-0.2, -0.15) is 4.58 Å². The van der Waals surface area contributed by atoms with E-state index in [-0.39, 0.29) is 18.6 Å². The van der Waals surface area contributed by atoms with E-state index in [1.807, 2.05) is 6.92 Å². The average Bonchev–Trinajstić information content (AvgIpc) is 3.34. The van der Waals surface area contributed by atoms with Crippen LogP contribution in [-0.2, 0) is 28.0 Å². The Kier molecular flexibility index (Phi) is 7.06. The summed E-state index contributed by atoms with van der Waals surface area (Å²) in [7, 11) is 0. The molecule has 0 amide bonds. The molecule has 9 nitrogen and oxygen atoms in total. The molecule has 0 saturated carbocycles. The van der Waals surface area contributed by atoms with Gasteiger partial charge < -0.3 is 24.8 Å². The van der Waals surface area contributed by atoms with Crippen LogP contribution in [0.3, 0.4) is 0 Å². The summed E-state index contributed by atoms with van der Waals surface area (Å²) in [5, 5.41) is 37.5. The quantitative estimate of drug-likeness (QED) is 0.512. The lowest BCUT2D eigenvalue weighted by molar-refractivity contribution is -0.438. The van der Waals surface area contributed by atoms with Crippen LogP contribution >= 0.6 is 0 Å². The molecule has 33 heavy (non-hydrogen) atoms. The molecule has 2 aromatic rings. The third-order valence-electron chi connectivity index (χ3n) is 6.33. The van der Waals surface area contributed by atoms with Crippen LogP contribution in [0.5, 0.6) is 0 Å². The number of aryl methyl sites for hydroxylation is 1. The highest BCUT2D eigenvalue weighted by Gasteiger charge is 2.43. The number of rotatable bonds is 8. The molecular weight excluding hydrogens is 424 g/mol. The molecule has 0 radical (unpaired) electrons. The monoisotopic (exact) mass is 457 g/mol. The summed E-state index contributed by atoms with van der Waals surface area (Å²) in [4.78, 5) is 0. The predicted octanol–water partition coefficient (Wildman–Crippen LogP) is 1.28. The van der Waals surface area contributed by atoms with Gasteiger partial charge in [-0.15, -0.1) is 5.10 Å². The standard InChI is InChI=1S/C24H33N4O5/c1-4-8-20-24(2,3)17-9-5-6-10-18(17)28(20)12-7-11-27-13-16(25-26-27)14-32-23-22(31)21(30)19(29)15-33-23/h4-6,8-10,13,19,21-23,29-31H,7,11-12,14-15H2,1-3H3/q+1/b8-4+/t19-,21+,22-,23-/m1/s1. The van der Waals surface area contributed by atoms with Gasteiger partial charge >= 0.3 is 0 Å². The minimum absolute atomic E-state index is 0.0454. The Morgan fingerprint density at radius 3 is 2.82 bits per heavy atom. The number of hydrogen-bond donors (Lipinski definition) is 3. The van der Waals surface area contributed by atoms with Gasteiger partial charge in [0.15, 0.2) is 18.5 Å². The highest BCUT2D eigenvalue weighted by Crippen LogP contribution is 2.39. The van der Waals surface area contributed by atoms with Crippen molar-refractivity contribution in [2.75, 3.05) is 13.2 Å². The third kappa shape index (κ3) is 4.78. The Balaban J connectivity index is 1.35. The topological polar surface area (TPSA) is 113 Å². The maximum atomic E-state index is 9.96. The van der Waals surface area contributed by atoms with E-state index in [1.165, 1.54) is 17.0 Å². The molecule has 2 aliphatic heterocycles. The first-order valence-corrected chi connectivity index (χ1v) is 11.4. The number of hydrogen-bond acceptors (Lipinski definition) is 7. The number of allylic oxidation sites excluding steroid dienone is 2. The number of aliphatic hydroxyl groups excluding tert-OH is 3. The summed E-state index contributed by atoms with van der Waals surface area (Å²) in [6, 6.07) is 8.55. The Morgan fingerprint density at radius 2 is 2.03 bits per heavy atom. The maximum Gasteiger partial charge on any atom is 0.209 e. The van der Waals surface area contributed by atoms with Crippen LogP contribution in [0, 0.1) is 0 Å². The van der Waals surface area contributed by atoms with Crippen LogP contribution in [0.2, 0.25) is 0 Å². The second-order valence-electron chi connectivity index (χ2n) is 9.07. The number of nitrogens with zero attached hydrogens (tertiary/aromatic N) is 4. The van der Waals surface area contributed by atoms with Crippen LogP contribution in [0.1, 0.15) is 38.4 Å². The Labute approximate surface area is 193 Å². The Hall–Kier alpha value is -2.43. The van der Waals surface area contributed by atoms with Gasteiger partial charge in [0.05, 0.1) is 24.8 Å². The molecule has 3 heterocycles. The highest BCUT2D eigenvalue weighted by molar-refractivity contribution is 6.02. The number of ether oxygens (including phenoxy) is 2. The van der Waals surface area contributed by atoms with Crippen LogP contribution in [-0.4, -0.2) is 78.4 Å². The van der Waals surface area contributed by atoms with E-state index >= 15 is 0 Å². The normalized spacial score (nSPS) is 26.8. The molecule has 4 rings (SSSR count). The van der Waals surface area contributed by atoms with Crippen molar-refractivity contribution in [2.45, 2.75) is 70.4 Å². The number of para-hydroxylation sites is 1. The number of benzene rings is 1. The molecule has 0 bridgehead atoms. The maximum absolute atomic E-state index is 9.96. The highest BCUT2D eigenvalue weighted by atomic mass is 16.7. The molecule has 1 saturated heterocycles. The summed E-state index contributed by atoms with van der Waals surface area (Å²) in [5.74, 6) is 0. The second-order valence-corrected chi connectivity index (χ2v) is 9.07. The second kappa shape index (κ2) is 9.82. The average molecular weight is 458 g/mol. The first kappa shape index (κ1) is 23.7. The van der Waals surface area contributed by atoms with E-state index in [9.17, 15) is 15.3 Å². The fourth-order valence-electron chi connectivity index (χ4n) is 4.54. The fraction of sp³-hybridized carbons (Fsp3) is 0.542. The Bertz CT molecular complexity index is 1030. The van der Waals surface area contributed by atoms with Crippen LogP contribution < -0.4 is 0 Å². The number of aromatic nitrogens is 3. The van der Waals surface area contributed by atoms with Crippen molar-refractivity contribution in [3.05, 3.63) is 53.9 Å². The first-order chi connectivity index (χ1) is 15.8. The van der Waals surface area contributed by atoms with Crippen LogP contribution in [0.4, 0.5) is 5.69 Å². The zero-order chi connectivity index (χ0) is 23.6. The molecule has 0 unspecified atom stereocenters. The summed E-state index contributed by atoms with van der Waals surface area (Å²) < 4.78 is 14.9. The molecule has 2 aliphatic rings. The summed E-state index contributed by atoms with van der Waals surface area (Å²) in [5.41, 5.74) is 4.43. The van der Waals surface area contributed by atoms with Crippen molar-refractivity contribution in [3.8, 4) is 0 Å². The Morgan fingerprint density at radius 1 is 1.24 bits per heavy atom. The third-order valence-corrected chi connectivity index (χ3v) is 6.33. The smallest absolute Gasteiger partial charge is 0.209 e. The van der Waals surface area contributed by atoms with Crippen molar-refractivity contribution in [2.24, 2.45) is 0 Å². The van der Waals surface area contributed by atoms with Gasteiger partial charge in [0.1, 0.15) is 24.0 Å². The SMILES string of the molecule is C/C=C/C1=[N+](CCCn2cc(CO[C@@H]3OC[C@@H](O)[C@H](O)[C@H]3O)nn2)c2ccccc2C1(C)C. The molecule has 1 aromatic heterocycles. The lowest BCUT2D eigenvalue weighted by Crippen LogP contribution is -2.53.